The molecule has 0 radical (unpaired) electrons. The number of carboxylic acid groups (broad SMARTS) is 1. The quantitative estimate of drug-likeness (QED) is 0.826. The van der Waals surface area contributed by atoms with E-state index in [9.17, 15) is 4.79 Å². The van der Waals surface area contributed by atoms with E-state index in [-0.39, 0.29) is 0 Å². The molecule has 3 N–H and O–H groups in total. The summed E-state index contributed by atoms with van der Waals surface area (Å²) in [5, 5.41) is 9.25. The normalized spacial score (nSPS) is 14.4. The van der Waals surface area contributed by atoms with Crippen molar-refractivity contribution in [1.29, 1.82) is 0 Å². The van der Waals surface area contributed by atoms with Gasteiger partial charge in [-0.1, -0.05) is 17.7 Å². The zero-order valence-corrected chi connectivity index (χ0v) is 9.21. The first-order valence-corrected chi connectivity index (χ1v) is 4.63. The van der Waals surface area contributed by atoms with Crippen molar-refractivity contribution in [3.8, 4) is 5.75 Å². The van der Waals surface area contributed by atoms with Crippen LogP contribution in [-0.2, 0) is 10.3 Å². The van der Waals surface area contributed by atoms with Crippen LogP contribution < -0.4 is 10.5 Å². The van der Waals surface area contributed by atoms with Crippen LogP contribution in [-0.4, -0.2) is 18.2 Å². The van der Waals surface area contributed by atoms with Crippen molar-refractivity contribution in [3.05, 3.63) is 28.8 Å². The summed E-state index contributed by atoms with van der Waals surface area (Å²) in [5.74, 6) is -0.620. The number of nitrogens with two attached hydrogens (primary N) is 1. The number of hydrogen-bond acceptors (Lipinski definition) is 3. The molecule has 0 fully saturated rings. The average molecular weight is 230 g/mol. The summed E-state index contributed by atoms with van der Waals surface area (Å²) in [6, 6.07) is 4.67. The predicted octanol–water partition coefficient (Wildman–Crippen LogP) is 1.61. The molecule has 0 amide bonds. The van der Waals surface area contributed by atoms with E-state index in [1.54, 1.807) is 12.1 Å². The Labute approximate surface area is 92.6 Å². The van der Waals surface area contributed by atoms with E-state index >= 15 is 0 Å². The largest absolute Gasteiger partial charge is 0.495 e. The Balaban J connectivity index is 3.18. The van der Waals surface area contributed by atoms with Crippen LogP contribution in [0.2, 0.25) is 5.02 Å². The topological polar surface area (TPSA) is 72.5 Å². The van der Waals surface area contributed by atoms with E-state index < -0.39 is 11.5 Å². The number of methoxy groups -OCH3 is 1. The second-order valence-corrected chi connectivity index (χ2v) is 3.76. The van der Waals surface area contributed by atoms with Crippen molar-refractivity contribution in [1.82, 2.24) is 0 Å². The third kappa shape index (κ3) is 2.22. The van der Waals surface area contributed by atoms with Gasteiger partial charge < -0.3 is 15.6 Å². The first kappa shape index (κ1) is 11.8. The van der Waals surface area contributed by atoms with E-state index in [0.29, 0.717) is 16.3 Å². The van der Waals surface area contributed by atoms with Crippen molar-refractivity contribution in [2.45, 2.75) is 12.5 Å². The SMILES string of the molecule is COc1ccc(C(C)(N)C(=O)O)cc1Cl. The standard InChI is InChI=1S/C10H12ClNO3/c1-10(12,9(13)14)6-3-4-8(15-2)7(11)5-6/h3-5H,12H2,1-2H3,(H,13,14). The molecular weight excluding hydrogens is 218 g/mol. The van der Waals surface area contributed by atoms with Gasteiger partial charge in [-0.15, -0.1) is 0 Å². The minimum Gasteiger partial charge on any atom is -0.495 e. The molecule has 0 aliphatic carbocycles. The van der Waals surface area contributed by atoms with Gasteiger partial charge in [0.1, 0.15) is 11.3 Å². The Morgan fingerprint density at radius 2 is 2.20 bits per heavy atom. The number of halogens is 1. The molecule has 0 spiro atoms. The van der Waals surface area contributed by atoms with Crippen LogP contribution in [0.1, 0.15) is 12.5 Å². The maximum absolute atomic E-state index is 10.9. The highest BCUT2D eigenvalue weighted by Gasteiger charge is 2.30. The maximum atomic E-state index is 10.9. The van der Waals surface area contributed by atoms with E-state index in [0.717, 1.165) is 0 Å². The maximum Gasteiger partial charge on any atom is 0.328 e. The Kier molecular flexibility index (Phi) is 3.21. The van der Waals surface area contributed by atoms with Crippen LogP contribution >= 0.6 is 11.6 Å². The molecule has 82 valence electrons. The highest BCUT2D eigenvalue weighted by Crippen LogP contribution is 2.29. The molecule has 1 rings (SSSR count). The molecule has 0 aliphatic rings. The average Bonchev–Trinajstić information content (AvgIpc) is 2.17. The smallest absolute Gasteiger partial charge is 0.328 e. The van der Waals surface area contributed by atoms with E-state index in [1.165, 1.54) is 20.1 Å². The zero-order valence-electron chi connectivity index (χ0n) is 8.45. The lowest BCUT2D eigenvalue weighted by Gasteiger charge is -2.20. The number of carboxylic acids is 1. The molecule has 0 aliphatic heterocycles. The summed E-state index contributed by atoms with van der Waals surface area (Å²) >= 11 is 5.87. The van der Waals surface area contributed by atoms with Crippen LogP contribution in [0.25, 0.3) is 0 Å². The lowest BCUT2D eigenvalue weighted by Crippen LogP contribution is -2.41. The Bertz CT molecular complexity index is 390. The molecule has 5 heteroatoms. The van der Waals surface area contributed by atoms with Crippen LogP contribution in [0, 0.1) is 0 Å². The van der Waals surface area contributed by atoms with Gasteiger partial charge in [-0.3, -0.25) is 0 Å². The second kappa shape index (κ2) is 4.08. The second-order valence-electron chi connectivity index (χ2n) is 3.36. The number of rotatable bonds is 3. The van der Waals surface area contributed by atoms with Gasteiger partial charge >= 0.3 is 5.97 Å². The van der Waals surface area contributed by atoms with Gasteiger partial charge in [0.15, 0.2) is 0 Å². The lowest BCUT2D eigenvalue weighted by atomic mass is 9.93. The summed E-state index contributed by atoms with van der Waals surface area (Å²) in [6.07, 6.45) is 0. The molecule has 15 heavy (non-hydrogen) atoms. The number of ether oxygens (including phenoxy) is 1. The molecule has 0 aromatic heterocycles. The summed E-state index contributed by atoms with van der Waals surface area (Å²) in [7, 11) is 1.49. The Morgan fingerprint density at radius 3 is 2.60 bits per heavy atom. The van der Waals surface area contributed by atoms with Crippen LogP contribution in [0.15, 0.2) is 18.2 Å². The number of benzene rings is 1. The molecule has 1 unspecified atom stereocenters. The summed E-state index contributed by atoms with van der Waals surface area (Å²) in [4.78, 5) is 10.9. The third-order valence-corrected chi connectivity index (χ3v) is 2.49. The molecule has 1 aromatic rings. The highest BCUT2D eigenvalue weighted by atomic mass is 35.5. The van der Waals surface area contributed by atoms with Crippen LogP contribution in [0.3, 0.4) is 0 Å². The van der Waals surface area contributed by atoms with Crippen LogP contribution in [0.4, 0.5) is 0 Å². The fraction of sp³-hybridized carbons (Fsp3) is 0.300. The molecule has 1 aromatic carbocycles. The molecule has 0 saturated heterocycles. The molecule has 4 nitrogen and oxygen atoms in total. The highest BCUT2D eigenvalue weighted by molar-refractivity contribution is 6.32. The van der Waals surface area contributed by atoms with Gasteiger partial charge in [-0.2, -0.15) is 0 Å². The Morgan fingerprint density at radius 1 is 1.60 bits per heavy atom. The van der Waals surface area contributed by atoms with E-state index in [1.807, 2.05) is 0 Å². The number of hydrogen-bond donors (Lipinski definition) is 2. The first-order chi connectivity index (χ1) is 6.89. The monoisotopic (exact) mass is 229 g/mol. The number of carbonyl (C=O) groups is 1. The summed E-state index contributed by atoms with van der Waals surface area (Å²) in [5.41, 5.74) is 4.63. The zero-order chi connectivity index (χ0) is 11.6. The van der Waals surface area contributed by atoms with Crippen molar-refractivity contribution in [2.75, 3.05) is 7.11 Å². The minimum absolute atomic E-state index is 0.341. The van der Waals surface area contributed by atoms with Gasteiger partial charge in [0.2, 0.25) is 0 Å². The molecular formula is C10H12ClNO3. The van der Waals surface area contributed by atoms with Crippen molar-refractivity contribution in [3.63, 3.8) is 0 Å². The van der Waals surface area contributed by atoms with Gasteiger partial charge in [0.25, 0.3) is 0 Å². The van der Waals surface area contributed by atoms with Gasteiger partial charge in [0.05, 0.1) is 12.1 Å². The third-order valence-electron chi connectivity index (χ3n) is 2.20. The van der Waals surface area contributed by atoms with E-state index in [2.05, 4.69) is 0 Å². The fourth-order valence-electron chi connectivity index (χ4n) is 1.11. The molecule has 0 saturated carbocycles. The summed E-state index contributed by atoms with van der Waals surface area (Å²) < 4.78 is 4.95. The number of aliphatic carboxylic acids is 1. The van der Waals surface area contributed by atoms with Gasteiger partial charge in [0, 0.05) is 0 Å². The van der Waals surface area contributed by atoms with Crippen LogP contribution in [0.5, 0.6) is 5.75 Å². The first-order valence-electron chi connectivity index (χ1n) is 4.26. The summed E-state index contributed by atoms with van der Waals surface area (Å²) in [6.45, 7) is 1.41. The Hall–Kier alpha value is -1.26. The fourth-order valence-corrected chi connectivity index (χ4v) is 1.37. The molecule has 0 bridgehead atoms. The lowest BCUT2D eigenvalue weighted by molar-refractivity contribution is -0.143. The van der Waals surface area contributed by atoms with Crippen molar-refractivity contribution < 1.29 is 14.6 Å². The predicted molar refractivity (Wildman–Crippen MR) is 57.2 cm³/mol. The molecule has 0 heterocycles. The van der Waals surface area contributed by atoms with Crippen molar-refractivity contribution >= 4 is 17.6 Å². The van der Waals surface area contributed by atoms with E-state index in [4.69, 9.17) is 27.2 Å². The molecule has 1 atom stereocenters. The van der Waals surface area contributed by atoms with Gasteiger partial charge in [-0.05, 0) is 24.6 Å². The van der Waals surface area contributed by atoms with Gasteiger partial charge in [-0.25, -0.2) is 4.79 Å². The van der Waals surface area contributed by atoms with Crippen molar-refractivity contribution in [2.24, 2.45) is 5.73 Å². The minimum atomic E-state index is -1.45.